The number of rotatable bonds is 18. The SMILES string of the molecule is C=CC(=O)OC(C)COC(C)COCC(O)COCC(C)OCC(C)OC(=O)C=C. The zero-order valence-corrected chi connectivity index (χ0v) is 18.4. The maximum Gasteiger partial charge on any atom is 0.330 e. The van der Waals surface area contributed by atoms with Gasteiger partial charge in [0.2, 0.25) is 0 Å². The number of hydrogen-bond acceptors (Lipinski definition) is 9. The van der Waals surface area contributed by atoms with E-state index in [9.17, 15) is 14.7 Å². The van der Waals surface area contributed by atoms with Gasteiger partial charge >= 0.3 is 11.9 Å². The standard InChI is InChI=1S/C21H36O9/c1-7-20(23)29-17(5)11-27-15(3)9-25-13-19(22)14-26-10-16(4)28-12-18(6)30-21(24)8-2/h7-8,15-19,22H,1-2,9-14H2,3-6H3. The van der Waals surface area contributed by atoms with Crippen molar-refractivity contribution in [1.82, 2.24) is 0 Å². The lowest BCUT2D eigenvalue weighted by Gasteiger charge is -2.19. The third-order valence-corrected chi connectivity index (χ3v) is 3.52. The van der Waals surface area contributed by atoms with Crippen molar-refractivity contribution >= 4 is 11.9 Å². The highest BCUT2D eigenvalue weighted by Gasteiger charge is 2.13. The number of aliphatic hydroxyl groups is 1. The molecule has 0 saturated heterocycles. The highest BCUT2D eigenvalue weighted by molar-refractivity contribution is 5.81. The van der Waals surface area contributed by atoms with Crippen LogP contribution in [0.25, 0.3) is 0 Å². The molecule has 0 amide bonds. The summed E-state index contributed by atoms with van der Waals surface area (Å²) in [6, 6.07) is 0. The van der Waals surface area contributed by atoms with E-state index >= 15 is 0 Å². The van der Waals surface area contributed by atoms with Crippen LogP contribution in [0, 0.1) is 0 Å². The molecular formula is C21H36O9. The Balaban J connectivity index is 3.75. The van der Waals surface area contributed by atoms with Gasteiger partial charge in [0, 0.05) is 12.2 Å². The Morgan fingerprint density at radius 3 is 1.40 bits per heavy atom. The average Bonchev–Trinajstić information content (AvgIpc) is 2.70. The van der Waals surface area contributed by atoms with Gasteiger partial charge in [-0.15, -0.1) is 0 Å². The lowest BCUT2D eigenvalue weighted by molar-refractivity contribution is -0.147. The van der Waals surface area contributed by atoms with E-state index in [1.807, 2.05) is 13.8 Å². The minimum absolute atomic E-state index is 0.0957. The van der Waals surface area contributed by atoms with Crippen molar-refractivity contribution in [2.45, 2.75) is 58.2 Å². The van der Waals surface area contributed by atoms with Gasteiger partial charge in [-0.05, 0) is 27.7 Å². The van der Waals surface area contributed by atoms with Crippen molar-refractivity contribution in [2.75, 3.05) is 39.6 Å². The Labute approximate surface area is 178 Å². The lowest BCUT2D eigenvalue weighted by atomic mass is 10.3. The number of carbonyl (C=O) groups excluding carboxylic acids is 2. The van der Waals surface area contributed by atoms with Gasteiger partial charge in [-0.25, -0.2) is 9.59 Å². The van der Waals surface area contributed by atoms with Gasteiger partial charge in [-0.2, -0.15) is 0 Å². The fourth-order valence-corrected chi connectivity index (χ4v) is 2.04. The molecule has 0 aromatic rings. The molecule has 0 aromatic heterocycles. The molecule has 0 rings (SSSR count). The van der Waals surface area contributed by atoms with Gasteiger partial charge in [-0.3, -0.25) is 0 Å². The van der Waals surface area contributed by atoms with Crippen LogP contribution in [0.1, 0.15) is 27.7 Å². The lowest BCUT2D eigenvalue weighted by Crippen LogP contribution is -2.29. The first-order valence-electron chi connectivity index (χ1n) is 9.90. The molecule has 1 N–H and O–H groups in total. The Morgan fingerprint density at radius 1 is 0.700 bits per heavy atom. The second kappa shape index (κ2) is 17.0. The van der Waals surface area contributed by atoms with Crippen LogP contribution in [0.3, 0.4) is 0 Å². The van der Waals surface area contributed by atoms with Crippen molar-refractivity contribution in [3.8, 4) is 0 Å². The third kappa shape index (κ3) is 16.1. The first-order valence-corrected chi connectivity index (χ1v) is 9.90. The monoisotopic (exact) mass is 432 g/mol. The minimum Gasteiger partial charge on any atom is -0.457 e. The predicted octanol–water partition coefficient (Wildman–Crippen LogP) is 1.43. The molecule has 4 unspecified atom stereocenters. The molecule has 0 aromatic carbocycles. The largest absolute Gasteiger partial charge is 0.457 e. The molecule has 0 aliphatic rings. The van der Waals surface area contributed by atoms with E-state index < -0.39 is 30.3 Å². The Morgan fingerprint density at radius 2 is 1.07 bits per heavy atom. The van der Waals surface area contributed by atoms with Crippen molar-refractivity contribution in [3.05, 3.63) is 25.3 Å². The van der Waals surface area contributed by atoms with Crippen LogP contribution in [-0.4, -0.2) is 87.2 Å². The maximum absolute atomic E-state index is 11.1. The summed E-state index contributed by atoms with van der Waals surface area (Å²) in [5.74, 6) is -0.994. The topological polar surface area (TPSA) is 110 Å². The Bertz CT molecular complexity index is 465. The summed E-state index contributed by atoms with van der Waals surface area (Å²) in [6.45, 7) is 14.9. The van der Waals surface area contributed by atoms with Gasteiger partial charge < -0.3 is 33.5 Å². The molecule has 0 aliphatic heterocycles. The zero-order valence-electron chi connectivity index (χ0n) is 18.4. The van der Waals surface area contributed by atoms with E-state index in [1.54, 1.807) is 13.8 Å². The fraction of sp³-hybridized carbons (Fsp3) is 0.714. The van der Waals surface area contributed by atoms with E-state index in [1.165, 1.54) is 0 Å². The molecular weight excluding hydrogens is 396 g/mol. The first-order chi connectivity index (χ1) is 14.2. The normalized spacial score (nSPS) is 16.0. The molecule has 0 radical (unpaired) electrons. The molecule has 0 fully saturated rings. The van der Waals surface area contributed by atoms with Crippen LogP contribution >= 0.6 is 0 Å². The number of ether oxygens (including phenoxy) is 6. The third-order valence-electron chi connectivity index (χ3n) is 3.52. The molecule has 0 aliphatic carbocycles. The predicted molar refractivity (Wildman–Crippen MR) is 110 cm³/mol. The summed E-state index contributed by atoms with van der Waals surface area (Å²) >= 11 is 0. The van der Waals surface area contributed by atoms with Crippen molar-refractivity contribution in [1.29, 1.82) is 0 Å². The second-order valence-corrected chi connectivity index (χ2v) is 6.92. The summed E-state index contributed by atoms with van der Waals surface area (Å²) < 4.78 is 31.8. The number of aliphatic hydroxyl groups excluding tert-OH is 1. The summed E-state index contributed by atoms with van der Waals surface area (Å²) in [5.41, 5.74) is 0. The maximum atomic E-state index is 11.1. The molecule has 0 spiro atoms. The van der Waals surface area contributed by atoms with E-state index in [0.29, 0.717) is 0 Å². The molecule has 0 bridgehead atoms. The highest BCUT2D eigenvalue weighted by Crippen LogP contribution is 2.01. The van der Waals surface area contributed by atoms with Crippen LogP contribution in [0.2, 0.25) is 0 Å². The van der Waals surface area contributed by atoms with Crippen LogP contribution in [0.15, 0.2) is 25.3 Å². The van der Waals surface area contributed by atoms with Crippen LogP contribution in [-0.2, 0) is 38.0 Å². The zero-order chi connectivity index (χ0) is 22.9. The van der Waals surface area contributed by atoms with Crippen LogP contribution < -0.4 is 0 Å². The molecule has 9 nitrogen and oxygen atoms in total. The second-order valence-electron chi connectivity index (χ2n) is 6.92. The van der Waals surface area contributed by atoms with Crippen molar-refractivity contribution in [3.63, 3.8) is 0 Å². The first kappa shape index (κ1) is 28.2. The number of hydrogen-bond donors (Lipinski definition) is 1. The molecule has 0 saturated carbocycles. The Kier molecular flexibility index (Phi) is 16.0. The van der Waals surface area contributed by atoms with Gasteiger partial charge in [0.15, 0.2) is 0 Å². The molecule has 9 heteroatoms. The Hall–Kier alpha value is -1.78. The summed E-state index contributed by atoms with van der Waals surface area (Å²) in [7, 11) is 0. The van der Waals surface area contributed by atoms with Crippen molar-refractivity contribution in [2.24, 2.45) is 0 Å². The quantitative estimate of drug-likeness (QED) is 0.254. The summed E-state index contributed by atoms with van der Waals surface area (Å²) in [6.07, 6.45) is 0.171. The average molecular weight is 433 g/mol. The molecule has 30 heavy (non-hydrogen) atoms. The van der Waals surface area contributed by atoms with E-state index in [0.717, 1.165) is 12.2 Å². The molecule has 4 atom stereocenters. The van der Waals surface area contributed by atoms with E-state index in [-0.39, 0.29) is 51.8 Å². The summed E-state index contributed by atoms with van der Waals surface area (Å²) in [4.78, 5) is 22.1. The van der Waals surface area contributed by atoms with Gasteiger partial charge in [0.25, 0.3) is 0 Å². The van der Waals surface area contributed by atoms with Crippen LogP contribution in [0.5, 0.6) is 0 Å². The molecule has 0 heterocycles. The number of carbonyl (C=O) groups is 2. The van der Waals surface area contributed by atoms with Crippen LogP contribution in [0.4, 0.5) is 0 Å². The van der Waals surface area contributed by atoms with E-state index in [4.69, 9.17) is 28.4 Å². The summed E-state index contributed by atoms with van der Waals surface area (Å²) in [5, 5.41) is 9.90. The van der Waals surface area contributed by atoms with Gasteiger partial charge in [-0.1, -0.05) is 13.2 Å². The fourth-order valence-electron chi connectivity index (χ4n) is 2.04. The van der Waals surface area contributed by atoms with Gasteiger partial charge in [0.1, 0.15) is 18.3 Å². The van der Waals surface area contributed by atoms with Crippen molar-refractivity contribution < 1.29 is 43.1 Å². The smallest absolute Gasteiger partial charge is 0.330 e. The highest BCUT2D eigenvalue weighted by atomic mass is 16.6. The molecule has 174 valence electrons. The van der Waals surface area contributed by atoms with E-state index in [2.05, 4.69) is 13.2 Å². The van der Waals surface area contributed by atoms with Gasteiger partial charge in [0.05, 0.1) is 51.8 Å². The number of esters is 2. The minimum atomic E-state index is -0.788.